The third-order valence-corrected chi connectivity index (χ3v) is 6.29. The first kappa shape index (κ1) is 27.3. The van der Waals surface area contributed by atoms with Crippen molar-refractivity contribution < 1.29 is 44.4 Å². The van der Waals surface area contributed by atoms with Gasteiger partial charge in [-0.25, -0.2) is 4.79 Å². The van der Waals surface area contributed by atoms with Gasteiger partial charge >= 0.3 is 22.2 Å². The first-order chi connectivity index (χ1) is 19.4. The van der Waals surface area contributed by atoms with Gasteiger partial charge in [0.05, 0.1) is 55.2 Å². The van der Waals surface area contributed by atoms with Gasteiger partial charge < -0.3 is 18.4 Å². The normalized spacial score (nSPS) is 12.7. The van der Waals surface area contributed by atoms with Gasteiger partial charge in [-0.1, -0.05) is 6.07 Å². The minimum atomic E-state index is -0.937. The molecule has 5 aromatic rings. The average Bonchev–Trinajstić information content (AvgIpc) is 3.77. The molecule has 1 aliphatic heterocycles. The van der Waals surface area contributed by atoms with Crippen LogP contribution in [0.5, 0.6) is 5.88 Å². The van der Waals surface area contributed by atoms with Crippen LogP contribution in [0, 0.1) is 0 Å². The SMILES string of the molecule is O=C1c2cccc(N=Nc3c(O)n(Cc4ccco4)c(=O)n(Cc4ccco4)c3=O)c2C(=O)N1Cc1ccco1.[Ni+2]. The third kappa shape index (κ3) is 4.96. The first-order valence-electron chi connectivity index (χ1n) is 12.0. The number of rotatable bonds is 8. The number of imide groups is 1. The molecule has 1 aromatic carbocycles. The Kier molecular flexibility index (Phi) is 7.40. The number of carbonyl (C=O) groups is 2. The van der Waals surface area contributed by atoms with Crippen molar-refractivity contribution in [1.82, 2.24) is 14.0 Å². The molecule has 0 saturated carbocycles. The predicted octanol–water partition coefficient (Wildman–Crippen LogP) is 3.80. The molecule has 41 heavy (non-hydrogen) atoms. The van der Waals surface area contributed by atoms with E-state index in [9.17, 15) is 24.3 Å². The van der Waals surface area contributed by atoms with Crippen LogP contribution in [0.3, 0.4) is 0 Å². The Labute approximate surface area is 239 Å². The summed E-state index contributed by atoms with van der Waals surface area (Å²) in [7, 11) is 0. The second-order valence-electron chi connectivity index (χ2n) is 8.77. The van der Waals surface area contributed by atoms with Gasteiger partial charge in [-0.05, 0) is 48.5 Å². The standard InChI is InChI=1S/C27H19N5O8.Ni/c33-23-19-8-1-9-20(21(19)24(34)30(23)13-16-5-2-10-38-16)28-29-22-25(35)31(14-17-6-3-11-39-17)27(37)32(26(22)36)15-18-7-4-12-40-18;/h1-12,35H,13-15H2;/q;+2. The van der Waals surface area contributed by atoms with Crippen molar-refractivity contribution in [3.63, 3.8) is 0 Å². The minimum absolute atomic E-state index is 0. The van der Waals surface area contributed by atoms with Crippen LogP contribution in [0.4, 0.5) is 11.4 Å². The number of fused-ring (bicyclic) bond motifs is 1. The number of carbonyl (C=O) groups excluding carboxylic acids is 2. The van der Waals surface area contributed by atoms with Crippen molar-refractivity contribution >= 4 is 23.2 Å². The summed E-state index contributed by atoms with van der Waals surface area (Å²) in [6, 6.07) is 14.1. The zero-order valence-electron chi connectivity index (χ0n) is 20.9. The van der Waals surface area contributed by atoms with E-state index in [2.05, 4.69) is 10.2 Å². The van der Waals surface area contributed by atoms with Crippen LogP contribution in [0.15, 0.2) is 106 Å². The van der Waals surface area contributed by atoms with Gasteiger partial charge in [0.15, 0.2) is 0 Å². The fourth-order valence-corrected chi connectivity index (χ4v) is 4.37. The maximum Gasteiger partial charge on any atom is 2.00 e. The number of amides is 2. The molecule has 1 aliphatic rings. The van der Waals surface area contributed by atoms with Gasteiger partial charge in [0, 0.05) is 0 Å². The van der Waals surface area contributed by atoms with Crippen molar-refractivity contribution in [2.75, 3.05) is 0 Å². The van der Waals surface area contributed by atoms with Crippen LogP contribution in [0.2, 0.25) is 0 Å². The Balaban J connectivity index is 0.00000337. The molecular formula is C27H19N5NiO8+2. The van der Waals surface area contributed by atoms with Crippen LogP contribution in [-0.4, -0.2) is 31.0 Å². The quantitative estimate of drug-likeness (QED) is 0.160. The molecule has 0 spiro atoms. The summed E-state index contributed by atoms with van der Waals surface area (Å²) >= 11 is 0. The molecule has 1 N–H and O–H groups in total. The van der Waals surface area contributed by atoms with Gasteiger partial charge in [0.2, 0.25) is 11.6 Å². The molecule has 6 rings (SSSR count). The largest absolute Gasteiger partial charge is 2.00 e. The van der Waals surface area contributed by atoms with E-state index < -0.39 is 34.6 Å². The van der Waals surface area contributed by atoms with Crippen LogP contribution >= 0.6 is 0 Å². The molecule has 0 saturated heterocycles. The summed E-state index contributed by atoms with van der Waals surface area (Å²) in [6.07, 6.45) is 4.23. The van der Waals surface area contributed by atoms with E-state index in [1.165, 1.54) is 37.0 Å². The molecule has 0 aliphatic carbocycles. The predicted molar refractivity (Wildman–Crippen MR) is 136 cm³/mol. The van der Waals surface area contributed by atoms with Crippen LogP contribution in [-0.2, 0) is 36.1 Å². The summed E-state index contributed by atoms with van der Waals surface area (Å²) in [6.45, 7) is -0.513. The molecule has 13 nitrogen and oxygen atoms in total. The fourth-order valence-electron chi connectivity index (χ4n) is 4.37. The summed E-state index contributed by atoms with van der Waals surface area (Å²) in [5, 5.41) is 19.0. The Morgan fingerprint density at radius 1 is 0.683 bits per heavy atom. The number of aromatic hydroxyl groups is 1. The molecule has 0 unspecified atom stereocenters. The minimum Gasteiger partial charge on any atom is -0.493 e. The van der Waals surface area contributed by atoms with Crippen LogP contribution < -0.4 is 11.2 Å². The Morgan fingerprint density at radius 3 is 1.85 bits per heavy atom. The van der Waals surface area contributed by atoms with Crippen LogP contribution in [0.1, 0.15) is 38.0 Å². The topological polar surface area (TPSA) is 166 Å². The van der Waals surface area contributed by atoms with Crippen molar-refractivity contribution in [1.29, 1.82) is 0 Å². The van der Waals surface area contributed by atoms with E-state index in [1.807, 2.05) is 0 Å². The molecule has 5 heterocycles. The summed E-state index contributed by atoms with van der Waals surface area (Å²) in [5.41, 5.74) is -2.23. The summed E-state index contributed by atoms with van der Waals surface area (Å²) in [4.78, 5) is 53.7. The molecule has 0 fully saturated rings. The van der Waals surface area contributed by atoms with Gasteiger partial charge in [-0.3, -0.25) is 28.4 Å². The van der Waals surface area contributed by atoms with Gasteiger partial charge in [-0.15, -0.1) is 10.2 Å². The molecule has 0 atom stereocenters. The molecule has 4 aromatic heterocycles. The molecule has 2 amide bonds. The Morgan fingerprint density at radius 2 is 1.27 bits per heavy atom. The fraction of sp³-hybridized carbons (Fsp3) is 0.111. The van der Waals surface area contributed by atoms with Gasteiger partial charge in [0.1, 0.15) is 17.3 Å². The second kappa shape index (κ2) is 11.1. The zero-order valence-corrected chi connectivity index (χ0v) is 21.9. The Hall–Kier alpha value is -5.23. The smallest absolute Gasteiger partial charge is 0.493 e. The van der Waals surface area contributed by atoms with Gasteiger partial charge in [0.25, 0.3) is 17.4 Å². The van der Waals surface area contributed by atoms with Crippen molar-refractivity contribution in [2.24, 2.45) is 10.2 Å². The number of benzene rings is 1. The maximum absolute atomic E-state index is 13.3. The maximum atomic E-state index is 13.3. The molecule has 14 heteroatoms. The number of hydrogen-bond donors (Lipinski definition) is 1. The van der Waals surface area contributed by atoms with Crippen molar-refractivity contribution in [3.05, 3.63) is 123 Å². The summed E-state index contributed by atoms with van der Waals surface area (Å²) in [5.74, 6) is -0.833. The molecule has 0 radical (unpaired) electrons. The molecule has 208 valence electrons. The summed E-state index contributed by atoms with van der Waals surface area (Å²) < 4.78 is 17.6. The van der Waals surface area contributed by atoms with E-state index in [1.54, 1.807) is 36.4 Å². The third-order valence-electron chi connectivity index (χ3n) is 6.29. The molecular weight excluding hydrogens is 581 g/mol. The van der Waals surface area contributed by atoms with Gasteiger partial charge in [-0.2, -0.15) is 0 Å². The van der Waals surface area contributed by atoms with E-state index in [-0.39, 0.29) is 52.9 Å². The average molecular weight is 600 g/mol. The monoisotopic (exact) mass is 599 g/mol. The molecule has 0 bridgehead atoms. The van der Waals surface area contributed by atoms with E-state index in [0.29, 0.717) is 17.3 Å². The van der Waals surface area contributed by atoms with Crippen molar-refractivity contribution in [3.8, 4) is 5.88 Å². The number of aromatic nitrogens is 2. The zero-order chi connectivity index (χ0) is 27.8. The number of nitrogens with zero attached hydrogens (tertiary/aromatic N) is 5. The van der Waals surface area contributed by atoms with Crippen LogP contribution in [0.25, 0.3) is 0 Å². The number of furan rings is 3. The van der Waals surface area contributed by atoms with Crippen molar-refractivity contribution in [2.45, 2.75) is 19.6 Å². The van der Waals surface area contributed by atoms with E-state index in [0.717, 1.165) is 14.0 Å². The van der Waals surface area contributed by atoms with E-state index in [4.69, 9.17) is 13.3 Å². The number of azo groups is 1. The second-order valence-corrected chi connectivity index (χ2v) is 8.77. The number of hydrogen-bond acceptors (Lipinski definition) is 10. The first-order valence-corrected chi connectivity index (χ1v) is 12.0. The Bertz CT molecular complexity index is 1870. The van der Waals surface area contributed by atoms with E-state index >= 15 is 0 Å².